The minimum absolute atomic E-state index is 0.00653. The van der Waals surface area contributed by atoms with E-state index in [0.717, 1.165) is 19.3 Å². The Kier molecular flexibility index (Phi) is 4.91. The van der Waals surface area contributed by atoms with Gasteiger partial charge in [-0.05, 0) is 46.5 Å². The molecule has 5 aliphatic rings. The standard InChI is InChI=1S/C20H31ClN4O4/c1-18(2,3)29-17(28)23-7-8-24-14(9-23)10-25(16(24)27)20-11-19(12-20,13-20)22-15(26)5-4-6-21/h14H,4-13H2,1-3H3,(H,22,26)/t14-,19?,20?/m0/s1. The summed E-state index contributed by atoms with van der Waals surface area (Å²) in [5, 5.41) is 3.14. The number of nitrogens with one attached hydrogen (secondary N) is 1. The second-order valence-electron chi connectivity index (χ2n) is 10.0. The third-order valence-electron chi connectivity index (χ3n) is 6.52. The van der Waals surface area contributed by atoms with Gasteiger partial charge in [-0.15, -0.1) is 11.6 Å². The number of piperazine rings is 1. The third kappa shape index (κ3) is 3.64. The van der Waals surface area contributed by atoms with E-state index in [1.807, 2.05) is 30.6 Å². The van der Waals surface area contributed by atoms with Gasteiger partial charge in [-0.2, -0.15) is 0 Å². The fraction of sp³-hybridized carbons (Fsp3) is 0.850. The summed E-state index contributed by atoms with van der Waals surface area (Å²) in [6.07, 6.45) is 3.31. The van der Waals surface area contributed by atoms with Gasteiger partial charge in [0.25, 0.3) is 0 Å². The minimum Gasteiger partial charge on any atom is -0.444 e. The zero-order valence-corrected chi connectivity index (χ0v) is 18.3. The number of nitrogens with zero attached hydrogens (tertiary/aromatic N) is 3. The van der Waals surface area contributed by atoms with E-state index < -0.39 is 5.60 Å². The van der Waals surface area contributed by atoms with Crippen molar-refractivity contribution in [3.8, 4) is 0 Å². The molecule has 8 nitrogen and oxygen atoms in total. The number of carbonyl (C=O) groups is 3. The van der Waals surface area contributed by atoms with Crippen molar-refractivity contribution in [2.75, 3.05) is 32.1 Å². The fourth-order valence-electron chi connectivity index (χ4n) is 5.33. The first-order valence-corrected chi connectivity index (χ1v) is 11.0. The van der Waals surface area contributed by atoms with E-state index >= 15 is 0 Å². The van der Waals surface area contributed by atoms with Crippen molar-refractivity contribution in [1.82, 2.24) is 20.0 Å². The number of carbonyl (C=O) groups excluding carboxylic acids is 3. The molecule has 0 aromatic rings. The van der Waals surface area contributed by atoms with Gasteiger partial charge in [0.05, 0.1) is 11.6 Å². The molecule has 2 saturated heterocycles. The Morgan fingerprint density at radius 3 is 2.52 bits per heavy atom. The van der Waals surface area contributed by atoms with Crippen molar-refractivity contribution in [3.05, 3.63) is 0 Å². The molecule has 2 aliphatic heterocycles. The molecule has 0 radical (unpaired) electrons. The highest BCUT2D eigenvalue weighted by Crippen LogP contribution is 2.64. The first-order valence-electron chi connectivity index (χ1n) is 10.5. The van der Waals surface area contributed by atoms with Crippen LogP contribution < -0.4 is 5.32 Å². The third-order valence-corrected chi connectivity index (χ3v) is 6.79. The predicted octanol–water partition coefficient (Wildman–Crippen LogP) is 2.15. The summed E-state index contributed by atoms with van der Waals surface area (Å²) < 4.78 is 5.49. The Hall–Kier alpha value is -1.70. The van der Waals surface area contributed by atoms with Crippen molar-refractivity contribution in [3.63, 3.8) is 0 Å². The summed E-state index contributed by atoms with van der Waals surface area (Å²) >= 11 is 5.66. The molecule has 1 atom stereocenters. The number of urea groups is 1. The van der Waals surface area contributed by atoms with Crippen LogP contribution >= 0.6 is 11.6 Å². The summed E-state index contributed by atoms with van der Waals surface area (Å²) in [6, 6.07) is 0.0765. The second-order valence-corrected chi connectivity index (χ2v) is 10.4. The minimum atomic E-state index is -0.528. The summed E-state index contributed by atoms with van der Waals surface area (Å²) in [5.74, 6) is 0.543. The summed E-state index contributed by atoms with van der Waals surface area (Å²) in [7, 11) is 0. The Morgan fingerprint density at radius 2 is 1.90 bits per heavy atom. The van der Waals surface area contributed by atoms with Gasteiger partial charge in [-0.1, -0.05) is 0 Å². The van der Waals surface area contributed by atoms with E-state index in [1.54, 1.807) is 4.90 Å². The molecule has 162 valence electrons. The number of fused-ring (bicyclic) bond motifs is 1. The van der Waals surface area contributed by atoms with Crippen LogP contribution in [-0.4, -0.2) is 87.5 Å². The highest BCUT2D eigenvalue weighted by atomic mass is 35.5. The summed E-state index contributed by atoms with van der Waals surface area (Å²) in [4.78, 5) is 43.0. The van der Waals surface area contributed by atoms with Crippen LogP contribution in [0, 0.1) is 0 Å². The SMILES string of the molecule is CC(C)(C)OC(=O)N1CCN2C(=O)N(C34CC(NC(=O)CCCCl)(C3)C4)C[C@@H]2C1. The van der Waals surface area contributed by atoms with Gasteiger partial charge < -0.3 is 24.8 Å². The van der Waals surface area contributed by atoms with E-state index in [9.17, 15) is 14.4 Å². The monoisotopic (exact) mass is 426 g/mol. The lowest BCUT2D eigenvalue weighted by atomic mass is 9.43. The van der Waals surface area contributed by atoms with Crippen molar-refractivity contribution >= 4 is 29.6 Å². The Labute approximate surface area is 176 Å². The molecule has 1 N–H and O–H groups in total. The molecule has 0 aromatic heterocycles. The molecule has 29 heavy (non-hydrogen) atoms. The van der Waals surface area contributed by atoms with Gasteiger partial charge in [-0.3, -0.25) is 4.79 Å². The van der Waals surface area contributed by atoms with Crippen molar-refractivity contribution in [1.29, 1.82) is 0 Å². The van der Waals surface area contributed by atoms with Crippen LogP contribution in [0.2, 0.25) is 0 Å². The number of hydrogen-bond donors (Lipinski definition) is 1. The Morgan fingerprint density at radius 1 is 1.21 bits per heavy atom. The van der Waals surface area contributed by atoms with Gasteiger partial charge >= 0.3 is 12.1 Å². The smallest absolute Gasteiger partial charge is 0.410 e. The van der Waals surface area contributed by atoms with Gasteiger partial charge in [0.2, 0.25) is 5.91 Å². The van der Waals surface area contributed by atoms with Gasteiger partial charge in [0, 0.05) is 44.0 Å². The Bertz CT molecular complexity index is 702. The summed E-state index contributed by atoms with van der Waals surface area (Å²) in [6.45, 7) is 7.75. The Balaban J connectivity index is 1.31. The molecule has 3 aliphatic carbocycles. The van der Waals surface area contributed by atoms with Gasteiger partial charge in [-0.25, -0.2) is 9.59 Å². The van der Waals surface area contributed by atoms with Crippen LogP contribution in [0.1, 0.15) is 52.9 Å². The molecule has 0 aromatic carbocycles. The molecule has 4 amide bonds. The molecular weight excluding hydrogens is 396 g/mol. The zero-order valence-electron chi connectivity index (χ0n) is 17.5. The molecule has 0 spiro atoms. The molecule has 5 fully saturated rings. The van der Waals surface area contributed by atoms with Crippen molar-refractivity contribution in [2.24, 2.45) is 0 Å². The van der Waals surface area contributed by atoms with Crippen LogP contribution in [-0.2, 0) is 9.53 Å². The molecule has 3 saturated carbocycles. The zero-order chi connectivity index (χ0) is 21.0. The van der Waals surface area contributed by atoms with Gasteiger partial charge in [0.15, 0.2) is 0 Å². The number of rotatable bonds is 5. The van der Waals surface area contributed by atoms with E-state index in [2.05, 4.69) is 5.32 Å². The lowest BCUT2D eigenvalue weighted by Crippen LogP contribution is -2.84. The lowest BCUT2D eigenvalue weighted by molar-refractivity contribution is -0.165. The first-order chi connectivity index (χ1) is 13.6. The highest BCUT2D eigenvalue weighted by molar-refractivity contribution is 6.17. The van der Waals surface area contributed by atoms with E-state index in [1.165, 1.54) is 0 Å². The van der Waals surface area contributed by atoms with Gasteiger partial charge in [0.1, 0.15) is 5.60 Å². The topological polar surface area (TPSA) is 82.2 Å². The average molecular weight is 427 g/mol. The van der Waals surface area contributed by atoms with Crippen LogP contribution in [0.3, 0.4) is 0 Å². The molecule has 2 bridgehead atoms. The molecule has 5 rings (SSSR count). The van der Waals surface area contributed by atoms with Crippen LogP contribution in [0.4, 0.5) is 9.59 Å². The molecular formula is C20H31ClN4O4. The quantitative estimate of drug-likeness (QED) is 0.683. The number of halogens is 1. The molecule has 9 heteroatoms. The van der Waals surface area contributed by atoms with Crippen LogP contribution in [0.25, 0.3) is 0 Å². The average Bonchev–Trinajstić information content (AvgIpc) is 2.89. The summed E-state index contributed by atoms with van der Waals surface area (Å²) in [5.41, 5.74) is -0.777. The largest absolute Gasteiger partial charge is 0.444 e. The van der Waals surface area contributed by atoms with E-state index in [0.29, 0.717) is 44.9 Å². The maximum atomic E-state index is 13.0. The predicted molar refractivity (Wildman–Crippen MR) is 108 cm³/mol. The molecule has 2 heterocycles. The fourth-order valence-corrected chi connectivity index (χ4v) is 5.47. The van der Waals surface area contributed by atoms with Crippen LogP contribution in [0.5, 0.6) is 0 Å². The molecule has 0 unspecified atom stereocenters. The number of amides is 4. The van der Waals surface area contributed by atoms with Crippen molar-refractivity contribution < 1.29 is 19.1 Å². The number of hydrogen-bond acceptors (Lipinski definition) is 4. The number of alkyl halides is 1. The normalized spacial score (nSPS) is 33.0. The maximum Gasteiger partial charge on any atom is 0.410 e. The maximum absolute atomic E-state index is 13.0. The van der Waals surface area contributed by atoms with E-state index in [4.69, 9.17) is 16.3 Å². The van der Waals surface area contributed by atoms with Crippen LogP contribution in [0.15, 0.2) is 0 Å². The second kappa shape index (κ2) is 6.93. The van der Waals surface area contributed by atoms with Crippen molar-refractivity contribution in [2.45, 2.75) is 75.6 Å². The lowest BCUT2D eigenvalue weighted by Gasteiger charge is -2.72. The van der Waals surface area contributed by atoms with E-state index in [-0.39, 0.29) is 35.2 Å². The highest BCUT2D eigenvalue weighted by Gasteiger charge is 2.73. The first kappa shape index (κ1) is 20.6. The number of ether oxygens (including phenoxy) is 1.